The van der Waals surface area contributed by atoms with Crippen LogP contribution < -0.4 is 16.2 Å². The molecule has 1 heterocycles. The third-order valence-electron chi connectivity index (χ3n) is 4.90. The predicted octanol–water partition coefficient (Wildman–Crippen LogP) is 2.51. The largest absolute Gasteiger partial charge is 0.497 e. The van der Waals surface area contributed by atoms with Crippen LogP contribution in [0.2, 0.25) is 0 Å². The molecular weight excluding hydrogens is 314 g/mol. The molecule has 0 unspecified atom stereocenters. The number of nitrogens with zero attached hydrogens (tertiary/aromatic N) is 1. The Hall–Kier alpha value is -2.79. The molecule has 0 aromatic heterocycles. The Kier molecular flexibility index (Phi) is 3.73. The molecule has 0 amide bonds. The van der Waals surface area contributed by atoms with E-state index in [9.17, 15) is 4.79 Å². The maximum absolute atomic E-state index is 13.2. The van der Waals surface area contributed by atoms with Crippen molar-refractivity contribution in [3.8, 4) is 5.75 Å². The van der Waals surface area contributed by atoms with E-state index in [1.807, 2.05) is 36.4 Å². The van der Waals surface area contributed by atoms with E-state index in [1.54, 1.807) is 7.11 Å². The van der Waals surface area contributed by atoms with Gasteiger partial charge >= 0.3 is 0 Å². The SMILES string of the molecule is COc1ccc2c(c1)C(=O)C1=C2N(CCCN)Cc2cc(N)ccc21. The lowest BCUT2D eigenvalue weighted by molar-refractivity contribution is 0.105. The molecule has 4 rings (SSSR count). The van der Waals surface area contributed by atoms with Crippen LogP contribution in [0.25, 0.3) is 11.3 Å². The molecule has 4 N–H and O–H groups in total. The second kappa shape index (κ2) is 5.93. The third-order valence-corrected chi connectivity index (χ3v) is 4.90. The number of hydrogen-bond acceptors (Lipinski definition) is 5. The van der Waals surface area contributed by atoms with E-state index in [2.05, 4.69) is 4.90 Å². The number of anilines is 1. The van der Waals surface area contributed by atoms with E-state index < -0.39 is 0 Å². The summed E-state index contributed by atoms with van der Waals surface area (Å²) in [5.41, 5.74) is 17.9. The number of nitrogens with two attached hydrogens (primary N) is 2. The number of carbonyl (C=O) groups is 1. The maximum atomic E-state index is 13.2. The number of Topliss-reactive ketones (excluding diaryl/α,β-unsaturated/α-hetero) is 1. The molecule has 25 heavy (non-hydrogen) atoms. The summed E-state index contributed by atoms with van der Waals surface area (Å²) in [4.78, 5) is 15.4. The van der Waals surface area contributed by atoms with E-state index in [0.717, 1.165) is 47.5 Å². The monoisotopic (exact) mass is 335 g/mol. The van der Waals surface area contributed by atoms with Crippen molar-refractivity contribution in [2.24, 2.45) is 5.73 Å². The first-order valence-corrected chi connectivity index (χ1v) is 8.45. The van der Waals surface area contributed by atoms with Gasteiger partial charge in [0.1, 0.15) is 5.75 Å². The number of benzene rings is 2. The highest BCUT2D eigenvalue weighted by Gasteiger charge is 2.37. The summed E-state index contributed by atoms with van der Waals surface area (Å²) in [6.07, 6.45) is 0.869. The molecule has 5 nitrogen and oxygen atoms in total. The number of nitrogen functional groups attached to an aromatic ring is 1. The summed E-state index contributed by atoms with van der Waals surface area (Å²) in [5, 5.41) is 0. The normalized spacial score (nSPS) is 15.1. The number of fused-ring (bicyclic) bond motifs is 4. The lowest BCUT2D eigenvalue weighted by atomic mass is 9.92. The highest BCUT2D eigenvalue weighted by atomic mass is 16.5. The van der Waals surface area contributed by atoms with Crippen molar-refractivity contribution in [1.29, 1.82) is 0 Å². The summed E-state index contributed by atoms with van der Waals surface area (Å²) in [7, 11) is 1.61. The van der Waals surface area contributed by atoms with Crippen LogP contribution in [0.5, 0.6) is 5.75 Å². The van der Waals surface area contributed by atoms with Gasteiger partial charge in [-0.1, -0.05) is 6.07 Å². The Morgan fingerprint density at radius 3 is 2.68 bits per heavy atom. The summed E-state index contributed by atoms with van der Waals surface area (Å²) < 4.78 is 5.30. The molecule has 128 valence electrons. The van der Waals surface area contributed by atoms with Gasteiger partial charge in [0.25, 0.3) is 0 Å². The molecule has 2 aromatic carbocycles. The van der Waals surface area contributed by atoms with Gasteiger partial charge in [0.05, 0.1) is 18.4 Å². The van der Waals surface area contributed by atoms with Crippen LogP contribution in [0.15, 0.2) is 36.4 Å². The molecule has 2 aromatic rings. The van der Waals surface area contributed by atoms with E-state index in [4.69, 9.17) is 16.2 Å². The fraction of sp³-hybridized carbons (Fsp3) is 0.250. The van der Waals surface area contributed by atoms with Crippen molar-refractivity contribution in [3.63, 3.8) is 0 Å². The number of hydrogen-bond donors (Lipinski definition) is 2. The van der Waals surface area contributed by atoms with Crippen LogP contribution in [-0.4, -0.2) is 30.9 Å². The lowest BCUT2D eigenvalue weighted by Crippen LogP contribution is -2.28. The van der Waals surface area contributed by atoms with Crippen LogP contribution in [0, 0.1) is 0 Å². The summed E-state index contributed by atoms with van der Waals surface area (Å²) in [6, 6.07) is 11.5. The summed E-state index contributed by atoms with van der Waals surface area (Å²) in [5.74, 6) is 0.741. The van der Waals surface area contributed by atoms with E-state index in [1.165, 1.54) is 0 Å². The quantitative estimate of drug-likeness (QED) is 0.839. The van der Waals surface area contributed by atoms with Crippen molar-refractivity contribution < 1.29 is 9.53 Å². The van der Waals surface area contributed by atoms with E-state index in [-0.39, 0.29) is 5.78 Å². The average molecular weight is 335 g/mol. The van der Waals surface area contributed by atoms with Gasteiger partial charge in [-0.3, -0.25) is 4.79 Å². The standard InChI is InChI=1S/C20H21N3O2/c1-25-14-4-6-16-17(10-14)20(24)18-15-5-3-13(22)9-12(15)11-23(19(16)18)8-2-7-21/h3-6,9-10H,2,7-8,11,21-22H2,1H3. The fourth-order valence-corrected chi connectivity index (χ4v) is 3.75. The lowest BCUT2D eigenvalue weighted by Gasteiger charge is -2.32. The van der Waals surface area contributed by atoms with Gasteiger partial charge in [-0.15, -0.1) is 0 Å². The minimum Gasteiger partial charge on any atom is -0.497 e. The van der Waals surface area contributed by atoms with Crippen LogP contribution >= 0.6 is 0 Å². The smallest absolute Gasteiger partial charge is 0.196 e. The van der Waals surface area contributed by atoms with Crippen molar-refractivity contribution in [3.05, 3.63) is 58.7 Å². The number of rotatable bonds is 4. The maximum Gasteiger partial charge on any atom is 0.196 e. The Bertz CT molecular complexity index is 902. The third kappa shape index (κ3) is 2.39. The van der Waals surface area contributed by atoms with Crippen LogP contribution in [-0.2, 0) is 6.54 Å². The van der Waals surface area contributed by atoms with Gasteiger partial charge in [0, 0.05) is 29.9 Å². The molecule has 0 fully saturated rings. The highest BCUT2D eigenvalue weighted by molar-refractivity contribution is 6.40. The van der Waals surface area contributed by atoms with Gasteiger partial charge < -0.3 is 21.1 Å². The van der Waals surface area contributed by atoms with Gasteiger partial charge in [-0.2, -0.15) is 0 Å². The first kappa shape index (κ1) is 15.7. The molecule has 1 aliphatic carbocycles. The highest BCUT2D eigenvalue weighted by Crippen LogP contribution is 2.46. The first-order chi connectivity index (χ1) is 12.1. The zero-order chi connectivity index (χ0) is 17.6. The Morgan fingerprint density at radius 1 is 1.12 bits per heavy atom. The molecule has 0 saturated heterocycles. The summed E-state index contributed by atoms with van der Waals surface area (Å²) >= 11 is 0. The van der Waals surface area contributed by atoms with Crippen molar-refractivity contribution in [2.45, 2.75) is 13.0 Å². The molecule has 0 spiro atoms. The molecule has 0 radical (unpaired) electrons. The molecule has 0 bridgehead atoms. The van der Waals surface area contributed by atoms with Crippen molar-refractivity contribution in [2.75, 3.05) is 25.9 Å². The van der Waals surface area contributed by atoms with Gasteiger partial charge in [-0.25, -0.2) is 0 Å². The van der Waals surface area contributed by atoms with Gasteiger partial charge in [0.2, 0.25) is 0 Å². The molecule has 5 heteroatoms. The second-order valence-corrected chi connectivity index (χ2v) is 6.44. The Morgan fingerprint density at radius 2 is 1.92 bits per heavy atom. The van der Waals surface area contributed by atoms with E-state index >= 15 is 0 Å². The zero-order valence-electron chi connectivity index (χ0n) is 14.2. The van der Waals surface area contributed by atoms with Crippen LogP contribution in [0.4, 0.5) is 5.69 Å². The first-order valence-electron chi connectivity index (χ1n) is 8.45. The summed E-state index contributed by atoms with van der Waals surface area (Å²) in [6.45, 7) is 2.16. The second-order valence-electron chi connectivity index (χ2n) is 6.44. The topological polar surface area (TPSA) is 81.6 Å². The Labute approximate surface area is 146 Å². The van der Waals surface area contributed by atoms with Crippen molar-refractivity contribution in [1.82, 2.24) is 4.90 Å². The predicted molar refractivity (Wildman–Crippen MR) is 99.1 cm³/mol. The zero-order valence-corrected chi connectivity index (χ0v) is 14.2. The van der Waals surface area contributed by atoms with E-state index in [0.29, 0.717) is 23.5 Å². The van der Waals surface area contributed by atoms with Gasteiger partial charge in [0.15, 0.2) is 5.78 Å². The number of allylic oxidation sites excluding steroid dienone is 1. The fourth-order valence-electron chi connectivity index (χ4n) is 3.75. The van der Waals surface area contributed by atoms with Crippen LogP contribution in [0.1, 0.15) is 33.5 Å². The molecule has 0 saturated carbocycles. The van der Waals surface area contributed by atoms with Gasteiger partial charge in [-0.05, 0) is 54.4 Å². The minimum atomic E-state index is 0.0485. The van der Waals surface area contributed by atoms with Crippen molar-refractivity contribution >= 4 is 22.7 Å². The molecule has 0 atom stereocenters. The Balaban J connectivity index is 1.90. The number of methoxy groups -OCH3 is 1. The molecule has 2 aliphatic rings. The minimum absolute atomic E-state index is 0.0485. The molecular formula is C20H21N3O2. The number of ether oxygens (including phenoxy) is 1. The number of carbonyl (C=O) groups excluding carboxylic acids is 1. The molecule has 1 aliphatic heterocycles. The average Bonchev–Trinajstić information content (AvgIpc) is 2.92. The number of ketones is 1. The van der Waals surface area contributed by atoms with Crippen LogP contribution in [0.3, 0.4) is 0 Å².